The molecule has 0 atom stereocenters. The topological polar surface area (TPSA) is 85.3 Å². The summed E-state index contributed by atoms with van der Waals surface area (Å²) in [6.07, 6.45) is 9.30. The largest absolute Gasteiger partial charge is 0.360 e. The number of para-hydroxylation sites is 1. The highest BCUT2D eigenvalue weighted by Gasteiger charge is 2.20. The molecule has 8 heteroatoms. The van der Waals surface area contributed by atoms with E-state index in [-0.39, 0.29) is 0 Å². The van der Waals surface area contributed by atoms with E-state index in [2.05, 4.69) is 37.4 Å². The van der Waals surface area contributed by atoms with Crippen LogP contribution in [0.5, 0.6) is 0 Å². The van der Waals surface area contributed by atoms with E-state index in [9.17, 15) is 0 Å². The van der Waals surface area contributed by atoms with Crippen molar-refractivity contribution < 1.29 is 0 Å². The van der Waals surface area contributed by atoms with Crippen LogP contribution in [0.2, 0.25) is 0 Å². The molecule has 0 spiro atoms. The van der Waals surface area contributed by atoms with E-state index in [1.54, 1.807) is 0 Å². The van der Waals surface area contributed by atoms with Gasteiger partial charge >= 0.3 is 0 Å². The van der Waals surface area contributed by atoms with Gasteiger partial charge in [-0.25, -0.2) is 5.43 Å². The molecule has 2 saturated heterocycles. The lowest BCUT2D eigenvalue weighted by atomic mass is 10.1. The minimum Gasteiger partial charge on any atom is -0.360 e. The highest BCUT2D eigenvalue weighted by Crippen LogP contribution is 2.23. The number of benzene rings is 1. The van der Waals surface area contributed by atoms with Crippen molar-refractivity contribution in [3.05, 3.63) is 36.0 Å². The maximum atomic E-state index is 4.83. The molecule has 31 heavy (non-hydrogen) atoms. The molecule has 2 aliphatic heterocycles. The molecule has 3 aromatic rings. The quantitative estimate of drug-likeness (QED) is 0.478. The molecule has 8 nitrogen and oxygen atoms in total. The van der Waals surface area contributed by atoms with Crippen LogP contribution in [0.3, 0.4) is 0 Å². The summed E-state index contributed by atoms with van der Waals surface area (Å²) in [4.78, 5) is 22.1. The predicted molar refractivity (Wildman–Crippen MR) is 126 cm³/mol. The molecule has 5 rings (SSSR count). The third kappa shape index (κ3) is 4.33. The third-order valence-electron chi connectivity index (χ3n) is 6.19. The molecule has 0 radical (unpaired) electrons. The van der Waals surface area contributed by atoms with Crippen LogP contribution in [-0.2, 0) is 0 Å². The Labute approximate surface area is 182 Å². The second-order valence-electron chi connectivity index (χ2n) is 8.41. The molecule has 2 fully saturated rings. The Bertz CT molecular complexity index is 1020. The molecule has 162 valence electrons. The lowest BCUT2D eigenvalue weighted by Crippen LogP contribution is -2.34. The fourth-order valence-corrected chi connectivity index (χ4v) is 4.44. The minimum atomic E-state index is 0.510. The number of aromatic amines is 1. The smallest absolute Gasteiger partial charge is 0.250 e. The van der Waals surface area contributed by atoms with Gasteiger partial charge in [-0.2, -0.15) is 20.1 Å². The lowest BCUT2D eigenvalue weighted by molar-refractivity contribution is 0.556. The van der Waals surface area contributed by atoms with Gasteiger partial charge in [-0.1, -0.05) is 18.2 Å². The van der Waals surface area contributed by atoms with Crippen molar-refractivity contribution in [1.29, 1.82) is 0 Å². The highest BCUT2D eigenvalue weighted by molar-refractivity contribution is 6.09. The van der Waals surface area contributed by atoms with E-state index >= 15 is 0 Å². The Morgan fingerprint density at radius 1 is 0.871 bits per heavy atom. The van der Waals surface area contributed by atoms with E-state index in [1.807, 2.05) is 25.3 Å². The summed E-state index contributed by atoms with van der Waals surface area (Å²) in [5.74, 6) is 2.03. The number of nitrogens with zero attached hydrogens (tertiary/aromatic N) is 6. The molecule has 0 amide bonds. The fraction of sp³-hybridized carbons (Fsp3) is 0.478. The zero-order chi connectivity index (χ0) is 21.0. The van der Waals surface area contributed by atoms with Gasteiger partial charge in [0.1, 0.15) is 0 Å². The Balaban J connectivity index is 1.43. The second-order valence-corrected chi connectivity index (χ2v) is 8.41. The van der Waals surface area contributed by atoms with E-state index in [4.69, 9.17) is 15.0 Å². The van der Waals surface area contributed by atoms with Crippen LogP contribution in [0.15, 0.2) is 35.6 Å². The summed E-state index contributed by atoms with van der Waals surface area (Å²) in [5, 5.41) is 5.77. The minimum absolute atomic E-state index is 0.510. The first-order valence-corrected chi connectivity index (χ1v) is 11.4. The molecule has 1 aromatic carbocycles. The number of hydrazone groups is 1. The summed E-state index contributed by atoms with van der Waals surface area (Å²) < 4.78 is 0. The van der Waals surface area contributed by atoms with Gasteiger partial charge in [0, 0.05) is 48.8 Å². The van der Waals surface area contributed by atoms with Crippen LogP contribution in [0.25, 0.3) is 10.9 Å². The molecule has 0 unspecified atom stereocenters. The molecule has 2 aliphatic rings. The van der Waals surface area contributed by atoms with Crippen LogP contribution in [0.1, 0.15) is 51.0 Å². The second kappa shape index (κ2) is 8.91. The van der Waals surface area contributed by atoms with Gasteiger partial charge < -0.3 is 14.8 Å². The summed E-state index contributed by atoms with van der Waals surface area (Å²) in [6.45, 7) is 6.00. The Morgan fingerprint density at radius 2 is 1.48 bits per heavy atom. The number of nitrogens with one attached hydrogen (secondary N) is 2. The molecule has 0 aliphatic carbocycles. The van der Waals surface area contributed by atoms with Crippen LogP contribution in [-0.4, -0.2) is 51.8 Å². The number of fused-ring (bicyclic) bond motifs is 1. The monoisotopic (exact) mass is 418 g/mol. The molecule has 2 N–H and O–H groups in total. The van der Waals surface area contributed by atoms with E-state index < -0.39 is 0 Å². The first-order valence-electron chi connectivity index (χ1n) is 11.4. The summed E-state index contributed by atoms with van der Waals surface area (Å²) >= 11 is 0. The average Bonchev–Trinajstić information content (AvgIpc) is 3.28. The van der Waals surface area contributed by atoms with Crippen LogP contribution < -0.4 is 15.2 Å². The van der Waals surface area contributed by atoms with E-state index in [1.165, 1.54) is 38.5 Å². The Morgan fingerprint density at radius 3 is 2.13 bits per heavy atom. The first kappa shape index (κ1) is 19.8. The summed E-state index contributed by atoms with van der Waals surface area (Å²) in [7, 11) is 0. The van der Waals surface area contributed by atoms with Crippen LogP contribution in [0, 0.1) is 0 Å². The van der Waals surface area contributed by atoms with Gasteiger partial charge in [0.05, 0.1) is 5.71 Å². The number of H-pyrrole nitrogens is 1. The summed E-state index contributed by atoms with van der Waals surface area (Å²) in [6, 6.07) is 8.25. The maximum absolute atomic E-state index is 4.83. The van der Waals surface area contributed by atoms with Crippen molar-refractivity contribution in [2.24, 2.45) is 5.10 Å². The van der Waals surface area contributed by atoms with Crippen molar-refractivity contribution in [2.75, 3.05) is 41.4 Å². The van der Waals surface area contributed by atoms with Gasteiger partial charge in [0.2, 0.25) is 17.8 Å². The number of piperidine rings is 2. The zero-order valence-electron chi connectivity index (χ0n) is 18.1. The fourth-order valence-electron chi connectivity index (χ4n) is 4.44. The van der Waals surface area contributed by atoms with E-state index in [0.717, 1.165) is 60.3 Å². The molecule has 2 aromatic heterocycles. The zero-order valence-corrected chi connectivity index (χ0v) is 18.1. The Kier molecular flexibility index (Phi) is 5.69. The molecule has 0 saturated carbocycles. The SMILES string of the molecule is CC(=NNc1nc(N2CCCCC2)nc(N2CCCCC2)n1)c1c[nH]c2ccccc12. The molecule has 0 bridgehead atoms. The van der Waals surface area contributed by atoms with Crippen molar-refractivity contribution >= 4 is 34.5 Å². The highest BCUT2D eigenvalue weighted by atomic mass is 15.4. The summed E-state index contributed by atoms with van der Waals surface area (Å²) in [5.41, 5.74) is 6.18. The number of hydrogen-bond acceptors (Lipinski definition) is 7. The third-order valence-corrected chi connectivity index (χ3v) is 6.19. The first-order chi connectivity index (χ1) is 15.3. The van der Waals surface area contributed by atoms with Gasteiger partial charge in [-0.3, -0.25) is 0 Å². The average molecular weight is 419 g/mol. The number of hydrogen-bond donors (Lipinski definition) is 2. The van der Waals surface area contributed by atoms with Gasteiger partial charge in [0.25, 0.3) is 0 Å². The van der Waals surface area contributed by atoms with Crippen LogP contribution >= 0.6 is 0 Å². The van der Waals surface area contributed by atoms with Gasteiger partial charge in [-0.15, -0.1) is 0 Å². The van der Waals surface area contributed by atoms with Crippen molar-refractivity contribution in [3.8, 4) is 0 Å². The number of rotatable bonds is 5. The normalized spacial score (nSPS) is 17.9. The standard InChI is InChI=1S/C23H30N8/c1-17(19-16-24-20-11-5-4-10-18(19)20)28-29-21-25-22(30-12-6-2-7-13-30)27-23(26-21)31-14-8-3-9-15-31/h4-5,10-11,16,24H,2-3,6-9,12-15H2,1H3,(H,25,26,27,29). The van der Waals surface area contributed by atoms with Crippen molar-refractivity contribution in [3.63, 3.8) is 0 Å². The van der Waals surface area contributed by atoms with Gasteiger partial charge in [0.15, 0.2) is 0 Å². The molecular weight excluding hydrogens is 388 g/mol. The van der Waals surface area contributed by atoms with Crippen LogP contribution in [0.4, 0.5) is 17.8 Å². The van der Waals surface area contributed by atoms with Gasteiger partial charge in [-0.05, 0) is 51.5 Å². The lowest BCUT2D eigenvalue weighted by Gasteiger charge is -2.30. The maximum Gasteiger partial charge on any atom is 0.250 e. The number of anilines is 3. The van der Waals surface area contributed by atoms with Crippen molar-refractivity contribution in [1.82, 2.24) is 19.9 Å². The van der Waals surface area contributed by atoms with Crippen molar-refractivity contribution in [2.45, 2.75) is 45.4 Å². The number of aromatic nitrogens is 4. The molecular formula is C23H30N8. The van der Waals surface area contributed by atoms with E-state index in [0.29, 0.717) is 5.95 Å². The predicted octanol–water partition coefficient (Wildman–Crippen LogP) is 4.17. The Hall–Kier alpha value is -3.16. The molecule has 4 heterocycles.